The van der Waals surface area contributed by atoms with Crippen molar-refractivity contribution in [2.45, 2.75) is 32.7 Å². The van der Waals surface area contributed by atoms with Gasteiger partial charge >= 0.3 is 0 Å². The van der Waals surface area contributed by atoms with Gasteiger partial charge in [-0.1, -0.05) is 0 Å². The number of nitrogens with zero attached hydrogens (tertiary/aromatic N) is 2. The molecule has 0 atom stereocenters. The van der Waals surface area contributed by atoms with Crippen LogP contribution in [0.25, 0.3) is 11.5 Å². The minimum atomic E-state index is -0.702. The maximum atomic E-state index is 13.4. The van der Waals surface area contributed by atoms with Gasteiger partial charge in [-0.15, -0.1) is 0 Å². The highest BCUT2D eigenvalue weighted by molar-refractivity contribution is 5.76. The highest BCUT2D eigenvalue weighted by atomic mass is 19.1. The molecule has 1 aliphatic heterocycles. The first-order valence-corrected chi connectivity index (χ1v) is 8.39. The standard InChI is InChI=1S/C18H19F2N3O3/c1-11(24)21-5-2-3-17(25)23-6-4-16-15(10-23)22-18(26-16)12-7-13(19)9-14(20)8-12/h7-9H,2-6,10H2,1H3,(H,21,24). The van der Waals surface area contributed by atoms with Crippen molar-refractivity contribution in [3.63, 3.8) is 0 Å². The maximum absolute atomic E-state index is 13.4. The predicted molar refractivity (Wildman–Crippen MR) is 88.9 cm³/mol. The van der Waals surface area contributed by atoms with Gasteiger partial charge in [-0.05, 0) is 18.6 Å². The van der Waals surface area contributed by atoms with E-state index in [-0.39, 0.29) is 23.3 Å². The number of benzene rings is 1. The average Bonchev–Trinajstić information content (AvgIpc) is 3.00. The third-order valence-corrected chi connectivity index (χ3v) is 4.13. The molecule has 0 fully saturated rings. The SMILES string of the molecule is CC(=O)NCCCC(=O)N1CCc2oc(-c3cc(F)cc(F)c3)nc2C1. The number of carbonyl (C=O) groups excluding carboxylic acids is 2. The van der Waals surface area contributed by atoms with Crippen LogP contribution in [0, 0.1) is 11.6 Å². The van der Waals surface area contributed by atoms with Crippen molar-refractivity contribution >= 4 is 11.8 Å². The molecule has 2 heterocycles. The number of carbonyl (C=O) groups is 2. The third-order valence-electron chi connectivity index (χ3n) is 4.13. The first kappa shape index (κ1) is 18.0. The quantitative estimate of drug-likeness (QED) is 0.828. The number of aromatic nitrogens is 1. The van der Waals surface area contributed by atoms with Crippen molar-refractivity contribution in [2.75, 3.05) is 13.1 Å². The summed E-state index contributed by atoms with van der Waals surface area (Å²) in [6, 6.07) is 3.10. The van der Waals surface area contributed by atoms with E-state index in [1.165, 1.54) is 6.92 Å². The first-order chi connectivity index (χ1) is 12.4. The normalized spacial score (nSPS) is 13.4. The highest BCUT2D eigenvalue weighted by Gasteiger charge is 2.25. The van der Waals surface area contributed by atoms with Gasteiger partial charge in [0.2, 0.25) is 17.7 Å². The zero-order valence-electron chi connectivity index (χ0n) is 14.3. The lowest BCUT2D eigenvalue weighted by molar-refractivity contribution is -0.132. The van der Waals surface area contributed by atoms with Crippen LogP contribution in [0.3, 0.4) is 0 Å². The van der Waals surface area contributed by atoms with Gasteiger partial charge in [0.1, 0.15) is 23.1 Å². The summed E-state index contributed by atoms with van der Waals surface area (Å²) in [6.07, 6.45) is 1.39. The average molecular weight is 363 g/mol. The van der Waals surface area contributed by atoms with Gasteiger partial charge in [-0.2, -0.15) is 0 Å². The van der Waals surface area contributed by atoms with E-state index in [0.29, 0.717) is 50.4 Å². The molecule has 138 valence electrons. The number of oxazole rings is 1. The monoisotopic (exact) mass is 363 g/mol. The summed E-state index contributed by atoms with van der Waals surface area (Å²) in [6.45, 7) is 2.69. The van der Waals surface area contributed by atoms with Gasteiger partial charge < -0.3 is 14.6 Å². The molecule has 0 unspecified atom stereocenters. The van der Waals surface area contributed by atoms with Crippen molar-refractivity contribution in [3.05, 3.63) is 41.3 Å². The summed E-state index contributed by atoms with van der Waals surface area (Å²) in [7, 11) is 0. The molecular formula is C18H19F2N3O3. The summed E-state index contributed by atoms with van der Waals surface area (Å²) >= 11 is 0. The summed E-state index contributed by atoms with van der Waals surface area (Å²) in [4.78, 5) is 29.1. The number of halogens is 2. The zero-order chi connectivity index (χ0) is 18.7. The molecule has 2 aromatic rings. The second-order valence-electron chi connectivity index (χ2n) is 6.20. The summed E-state index contributed by atoms with van der Waals surface area (Å²) in [5.74, 6) is -0.772. The second kappa shape index (κ2) is 7.63. The first-order valence-electron chi connectivity index (χ1n) is 8.39. The molecule has 1 N–H and O–H groups in total. The minimum Gasteiger partial charge on any atom is -0.441 e. The molecule has 2 amide bonds. The number of amides is 2. The van der Waals surface area contributed by atoms with E-state index in [2.05, 4.69) is 10.3 Å². The lowest BCUT2D eigenvalue weighted by atomic mass is 10.1. The molecule has 0 aliphatic carbocycles. The van der Waals surface area contributed by atoms with Crippen molar-refractivity contribution in [1.29, 1.82) is 0 Å². The van der Waals surface area contributed by atoms with Gasteiger partial charge in [0.05, 0.1) is 6.54 Å². The predicted octanol–water partition coefficient (Wildman–Crippen LogP) is 2.42. The molecule has 1 aromatic heterocycles. The molecule has 0 saturated carbocycles. The molecule has 0 bridgehead atoms. The van der Waals surface area contributed by atoms with Gasteiger partial charge in [0, 0.05) is 44.5 Å². The number of rotatable bonds is 5. The van der Waals surface area contributed by atoms with Crippen molar-refractivity contribution in [1.82, 2.24) is 15.2 Å². The zero-order valence-corrected chi connectivity index (χ0v) is 14.3. The van der Waals surface area contributed by atoms with E-state index in [4.69, 9.17) is 4.42 Å². The smallest absolute Gasteiger partial charge is 0.226 e. The Balaban J connectivity index is 1.64. The fourth-order valence-corrected chi connectivity index (χ4v) is 2.87. The molecule has 3 rings (SSSR count). The molecule has 0 spiro atoms. The molecule has 1 aromatic carbocycles. The summed E-state index contributed by atoms with van der Waals surface area (Å²) < 4.78 is 32.4. The Labute approximate surface area is 149 Å². The van der Waals surface area contributed by atoms with E-state index in [1.807, 2.05) is 0 Å². The van der Waals surface area contributed by atoms with Crippen LogP contribution in [0.5, 0.6) is 0 Å². The van der Waals surface area contributed by atoms with Crippen LogP contribution >= 0.6 is 0 Å². The lowest BCUT2D eigenvalue weighted by Gasteiger charge is -2.25. The number of hydrogen-bond donors (Lipinski definition) is 1. The van der Waals surface area contributed by atoms with Crippen LogP contribution < -0.4 is 5.32 Å². The Morgan fingerprint density at radius 3 is 2.69 bits per heavy atom. The van der Waals surface area contributed by atoms with Gasteiger partial charge in [0.15, 0.2) is 0 Å². The Hall–Kier alpha value is -2.77. The van der Waals surface area contributed by atoms with E-state index < -0.39 is 11.6 Å². The Kier molecular flexibility index (Phi) is 5.29. The fourth-order valence-electron chi connectivity index (χ4n) is 2.87. The van der Waals surface area contributed by atoms with Crippen LogP contribution in [0.2, 0.25) is 0 Å². The van der Waals surface area contributed by atoms with E-state index in [0.717, 1.165) is 18.2 Å². The van der Waals surface area contributed by atoms with E-state index in [1.54, 1.807) is 4.90 Å². The van der Waals surface area contributed by atoms with E-state index in [9.17, 15) is 18.4 Å². The molecular weight excluding hydrogens is 344 g/mol. The van der Waals surface area contributed by atoms with Crippen molar-refractivity contribution < 1.29 is 22.8 Å². The van der Waals surface area contributed by atoms with Gasteiger partial charge in [0.25, 0.3) is 0 Å². The largest absolute Gasteiger partial charge is 0.441 e. The summed E-state index contributed by atoms with van der Waals surface area (Å²) in [5, 5.41) is 2.65. The van der Waals surface area contributed by atoms with Crippen LogP contribution in [-0.2, 0) is 22.6 Å². The fraction of sp³-hybridized carbons (Fsp3) is 0.389. The van der Waals surface area contributed by atoms with Crippen LogP contribution in [0.4, 0.5) is 8.78 Å². The number of hydrogen-bond acceptors (Lipinski definition) is 4. The maximum Gasteiger partial charge on any atom is 0.226 e. The lowest BCUT2D eigenvalue weighted by Crippen LogP contribution is -2.36. The molecule has 26 heavy (non-hydrogen) atoms. The number of nitrogens with one attached hydrogen (secondary N) is 1. The van der Waals surface area contributed by atoms with Crippen molar-refractivity contribution in [2.24, 2.45) is 0 Å². The second-order valence-corrected chi connectivity index (χ2v) is 6.20. The molecule has 1 aliphatic rings. The topological polar surface area (TPSA) is 75.4 Å². The third kappa shape index (κ3) is 4.25. The number of fused-ring (bicyclic) bond motifs is 1. The van der Waals surface area contributed by atoms with Crippen LogP contribution in [0.15, 0.2) is 22.6 Å². The van der Waals surface area contributed by atoms with Gasteiger partial charge in [-0.3, -0.25) is 9.59 Å². The molecule has 6 nitrogen and oxygen atoms in total. The Bertz CT molecular complexity index is 815. The highest BCUT2D eigenvalue weighted by Crippen LogP contribution is 2.27. The molecule has 0 radical (unpaired) electrons. The molecule has 8 heteroatoms. The summed E-state index contributed by atoms with van der Waals surface area (Å²) in [5.41, 5.74) is 0.830. The van der Waals surface area contributed by atoms with Crippen LogP contribution in [0.1, 0.15) is 31.2 Å². The van der Waals surface area contributed by atoms with Crippen molar-refractivity contribution in [3.8, 4) is 11.5 Å². The van der Waals surface area contributed by atoms with E-state index >= 15 is 0 Å². The Morgan fingerprint density at radius 1 is 1.27 bits per heavy atom. The molecule has 0 saturated heterocycles. The Morgan fingerprint density at radius 2 is 2.00 bits per heavy atom. The van der Waals surface area contributed by atoms with Gasteiger partial charge in [-0.25, -0.2) is 13.8 Å². The minimum absolute atomic E-state index is 0.0256. The van der Waals surface area contributed by atoms with Crippen LogP contribution in [-0.4, -0.2) is 34.8 Å².